The Bertz CT molecular complexity index is 725. The molecule has 2 aromatic rings. The third kappa shape index (κ3) is 3.62. The third-order valence-corrected chi connectivity index (χ3v) is 4.44. The van der Waals surface area contributed by atoms with Crippen LogP contribution in [0.5, 0.6) is 0 Å². The Balaban J connectivity index is 1.61. The van der Waals surface area contributed by atoms with Gasteiger partial charge in [0.2, 0.25) is 0 Å². The maximum atomic E-state index is 13.8. The molecule has 1 heterocycles. The minimum atomic E-state index is -0.533. The predicted molar refractivity (Wildman–Crippen MR) is 95.4 cm³/mol. The lowest BCUT2D eigenvalue weighted by Crippen LogP contribution is -2.50. The van der Waals surface area contributed by atoms with Gasteiger partial charge in [0, 0.05) is 31.9 Å². The van der Waals surface area contributed by atoms with E-state index >= 15 is 0 Å². The largest absolute Gasteiger partial charge is 0.368 e. The Hall–Kier alpha value is -2.27. The Morgan fingerprint density at radius 3 is 2.50 bits per heavy atom. The number of para-hydroxylation sites is 1. The number of halogens is 2. The minimum Gasteiger partial charge on any atom is -0.368 e. The molecule has 4 nitrogen and oxygen atoms in total. The topological polar surface area (TPSA) is 35.6 Å². The maximum absolute atomic E-state index is 13.8. The van der Waals surface area contributed by atoms with Crippen molar-refractivity contribution in [3.63, 3.8) is 0 Å². The number of hydrogen-bond acceptors (Lipinski definition) is 2. The number of nitrogens with zero attached hydrogens (tertiary/aromatic N) is 2. The first kappa shape index (κ1) is 16.6. The van der Waals surface area contributed by atoms with E-state index in [2.05, 4.69) is 35.3 Å². The van der Waals surface area contributed by atoms with E-state index in [1.54, 1.807) is 11.0 Å². The van der Waals surface area contributed by atoms with E-state index in [4.69, 9.17) is 11.6 Å². The quantitative estimate of drug-likeness (QED) is 0.886. The van der Waals surface area contributed by atoms with Crippen LogP contribution in [0.2, 0.25) is 5.02 Å². The van der Waals surface area contributed by atoms with Crippen LogP contribution in [0.3, 0.4) is 0 Å². The molecule has 0 saturated carbocycles. The zero-order valence-electron chi connectivity index (χ0n) is 13.4. The van der Waals surface area contributed by atoms with Gasteiger partial charge in [0.05, 0.1) is 10.7 Å². The average molecular weight is 348 g/mol. The van der Waals surface area contributed by atoms with Gasteiger partial charge in [0.1, 0.15) is 5.82 Å². The molecule has 1 N–H and O–H groups in total. The third-order valence-electron chi connectivity index (χ3n) is 4.13. The molecule has 0 aromatic heterocycles. The van der Waals surface area contributed by atoms with Crippen molar-refractivity contribution in [3.8, 4) is 0 Å². The van der Waals surface area contributed by atoms with Crippen LogP contribution in [0.4, 0.5) is 20.6 Å². The molecule has 126 valence electrons. The van der Waals surface area contributed by atoms with Crippen molar-refractivity contribution < 1.29 is 9.18 Å². The minimum absolute atomic E-state index is 0.0327. The molecule has 6 heteroatoms. The fourth-order valence-electron chi connectivity index (χ4n) is 2.80. The highest BCUT2D eigenvalue weighted by Crippen LogP contribution is 2.25. The Morgan fingerprint density at radius 1 is 1.12 bits per heavy atom. The Labute approximate surface area is 145 Å². The average Bonchev–Trinajstić information content (AvgIpc) is 2.58. The van der Waals surface area contributed by atoms with Crippen molar-refractivity contribution in [3.05, 3.63) is 58.9 Å². The number of carbonyl (C=O) groups excluding carboxylic acids is 1. The lowest BCUT2D eigenvalue weighted by molar-refractivity contribution is 0.208. The molecule has 0 spiro atoms. The monoisotopic (exact) mass is 347 g/mol. The van der Waals surface area contributed by atoms with Crippen molar-refractivity contribution >= 4 is 29.0 Å². The Kier molecular flexibility index (Phi) is 4.90. The zero-order chi connectivity index (χ0) is 17.1. The van der Waals surface area contributed by atoms with E-state index < -0.39 is 5.82 Å². The van der Waals surface area contributed by atoms with Crippen LogP contribution in [0.15, 0.2) is 42.5 Å². The normalized spacial score (nSPS) is 14.6. The number of urea groups is 1. The second kappa shape index (κ2) is 7.09. The second-order valence-corrected chi connectivity index (χ2v) is 6.25. The summed E-state index contributed by atoms with van der Waals surface area (Å²) in [7, 11) is 0. The summed E-state index contributed by atoms with van der Waals surface area (Å²) in [6.07, 6.45) is 0. The molecule has 1 fully saturated rings. The lowest BCUT2D eigenvalue weighted by Gasteiger charge is -2.36. The van der Waals surface area contributed by atoms with Gasteiger partial charge >= 0.3 is 6.03 Å². The van der Waals surface area contributed by atoms with E-state index in [0.29, 0.717) is 13.1 Å². The van der Waals surface area contributed by atoms with E-state index in [1.807, 2.05) is 6.07 Å². The van der Waals surface area contributed by atoms with Crippen LogP contribution >= 0.6 is 11.6 Å². The smallest absolute Gasteiger partial charge is 0.322 e. The van der Waals surface area contributed by atoms with Gasteiger partial charge in [0.15, 0.2) is 0 Å². The molecule has 2 amide bonds. The molecular formula is C18H19ClFN3O. The van der Waals surface area contributed by atoms with Crippen LogP contribution in [-0.4, -0.2) is 37.1 Å². The standard InChI is InChI=1S/C18H19ClFN3O/c1-13-4-2-5-14(12-13)22-8-10-23(11-9-22)18(24)21-17-15(19)6-3-7-16(17)20/h2-7,12H,8-11H2,1H3,(H,21,24). The number of hydrogen-bond donors (Lipinski definition) is 1. The van der Waals surface area contributed by atoms with E-state index in [9.17, 15) is 9.18 Å². The number of rotatable bonds is 2. The van der Waals surface area contributed by atoms with Gasteiger partial charge in [0.25, 0.3) is 0 Å². The molecule has 0 atom stereocenters. The van der Waals surface area contributed by atoms with Gasteiger partial charge in [-0.1, -0.05) is 29.8 Å². The van der Waals surface area contributed by atoms with Gasteiger partial charge in [-0.3, -0.25) is 0 Å². The van der Waals surface area contributed by atoms with Crippen molar-refractivity contribution in [2.24, 2.45) is 0 Å². The number of nitrogens with one attached hydrogen (secondary N) is 1. The molecule has 24 heavy (non-hydrogen) atoms. The first-order chi connectivity index (χ1) is 11.5. The molecule has 0 bridgehead atoms. The fourth-order valence-corrected chi connectivity index (χ4v) is 3.01. The van der Waals surface area contributed by atoms with E-state index in [0.717, 1.165) is 18.8 Å². The molecule has 2 aromatic carbocycles. The van der Waals surface area contributed by atoms with E-state index in [1.165, 1.54) is 17.7 Å². The number of amides is 2. The number of carbonyl (C=O) groups is 1. The van der Waals surface area contributed by atoms with Gasteiger partial charge in [-0.05, 0) is 36.8 Å². The molecule has 0 aliphatic carbocycles. The van der Waals surface area contributed by atoms with Crippen LogP contribution in [0.1, 0.15) is 5.56 Å². The van der Waals surface area contributed by atoms with Gasteiger partial charge in [-0.2, -0.15) is 0 Å². The van der Waals surface area contributed by atoms with Crippen LogP contribution in [-0.2, 0) is 0 Å². The number of aryl methyl sites for hydroxylation is 1. The summed E-state index contributed by atoms with van der Waals surface area (Å²) in [5.41, 5.74) is 2.40. The first-order valence-corrected chi connectivity index (χ1v) is 8.24. The van der Waals surface area contributed by atoms with Crippen molar-refractivity contribution in [1.29, 1.82) is 0 Å². The molecule has 1 saturated heterocycles. The molecule has 1 aliphatic rings. The summed E-state index contributed by atoms with van der Waals surface area (Å²) in [4.78, 5) is 16.3. The maximum Gasteiger partial charge on any atom is 0.322 e. The highest BCUT2D eigenvalue weighted by Gasteiger charge is 2.22. The highest BCUT2D eigenvalue weighted by atomic mass is 35.5. The molecular weight excluding hydrogens is 329 g/mol. The van der Waals surface area contributed by atoms with Crippen molar-refractivity contribution in [2.75, 3.05) is 36.4 Å². The zero-order valence-corrected chi connectivity index (χ0v) is 14.2. The SMILES string of the molecule is Cc1cccc(N2CCN(C(=O)Nc3c(F)cccc3Cl)CC2)c1. The van der Waals surface area contributed by atoms with Gasteiger partial charge in [-0.25, -0.2) is 9.18 Å². The van der Waals surface area contributed by atoms with Crippen LogP contribution in [0, 0.1) is 12.7 Å². The summed E-state index contributed by atoms with van der Waals surface area (Å²) in [6, 6.07) is 12.3. The molecule has 1 aliphatic heterocycles. The predicted octanol–water partition coefficient (Wildman–Crippen LogP) is 4.14. The Morgan fingerprint density at radius 2 is 1.83 bits per heavy atom. The summed E-state index contributed by atoms with van der Waals surface area (Å²) < 4.78 is 13.8. The summed E-state index contributed by atoms with van der Waals surface area (Å²) in [5, 5.41) is 2.77. The summed E-state index contributed by atoms with van der Waals surface area (Å²) in [6.45, 7) is 4.69. The second-order valence-electron chi connectivity index (χ2n) is 5.84. The molecule has 0 radical (unpaired) electrons. The highest BCUT2D eigenvalue weighted by molar-refractivity contribution is 6.33. The number of benzene rings is 2. The van der Waals surface area contributed by atoms with Crippen molar-refractivity contribution in [2.45, 2.75) is 6.92 Å². The number of piperazine rings is 1. The number of anilines is 2. The molecule has 3 rings (SSSR count). The van der Waals surface area contributed by atoms with Gasteiger partial charge in [-0.15, -0.1) is 0 Å². The lowest BCUT2D eigenvalue weighted by atomic mass is 10.2. The fraction of sp³-hybridized carbons (Fsp3) is 0.278. The van der Waals surface area contributed by atoms with Crippen molar-refractivity contribution in [1.82, 2.24) is 4.90 Å². The first-order valence-electron chi connectivity index (χ1n) is 7.86. The van der Waals surface area contributed by atoms with E-state index in [-0.39, 0.29) is 16.7 Å². The summed E-state index contributed by atoms with van der Waals surface area (Å²) >= 11 is 5.95. The van der Waals surface area contributed by atoms with Crippen LogP contribution in [0.25, 0.3) is 0 Å². The summed E-state index contributed by atoms with van der Waals surface area (Å²) in [5.74, 6) is -0.533. The van der Waals surface area contributed by atoms with Crippen LogP contribution < -0.4 is 10.2 Å². The molecule has 0 unspecified atom stereocenters. The van der Waals surface area contributed by atoms with Gasteiger partial charge < -0.3 is 15.1 Å².